The third-order valence-corrected chi connectivity index (χ3v) is 2.30. The lowest BCUT2D eigenvalue weighted by Crippen LogP contribution is -2.40. The highest BCUT2D eigenvalue weighted by molar-refractivity contribution is 6.30. The van der Waals surface area contributed by atoms with Crippen molar-refractivity contribution in [3.8, 4) is 0 Å². The molecule has 1 aromatic carbocycles. The molecule has 1 aromatic rings. The van der Waals surface area contributed by atoms with E-state index < -0.39 is 11.9 Å². The molecule has 0 saturated carbocycles. The maximum atomic E-state index is 11.0. The molecule has 6 heteroatoms. The number of amides is 3. The molecule has 0 aliphatic rings. The van der Waals surface area contributed by atoms with E-state index in [9.17, 15) is 9.59 Å². The summed E-state index contributed by atoms with van der Waals surface area (Å²) in [5, 5.41) is 5.57. The van der Waals surface area contributed by atoms with E-state index in [0.29, 0.717) is 11.6 Å². The third kappa shape index (κ3) is 5.89. The monoisotopic (exact) mass is 255 g/mol. The van der Waals surface area contributed by atoms with E-state index >= 15 is 0 Å². The first kappa shape index (κ1) is 13.5. The number of nitrogens with one attached hydrogen (secondary N) is 2. The predicted octanol–water partition coefficient (Wildman–Crippen LogP) is 0.667. The minimum absolute atomic E-state index is 0.0660. The summed E-state index contributed by atoms with van der Waals surface area (Å²) in [5.41, 5.74) is 5.91. The van der Waals surface area contributed by atoms with E-state index in [0.717, 1.165) is 12.0 Å². The Morgan fingerprint density at radius 2 is 1.88 bits per heavy atom. The number of benzene rings is 1. The van der Waals surface area contributed by atoms with Gasteiger partial charge in [0.2, 0.25) is 5.91 Å². The van der Waals surface area contributed by atoms with Crippen LogP contribution in [0.2, 0.25) is 5.02 Å². The van der Waals surface area contributed by atoms with Crippen LogP contribution in [0.4, 0.5) is 4.79 Å². The lowest BCUT2D eigenvalue weighted by molar-refractivity contribution is -0.119. The van der Waals surface area contributed by atoms with E-state index in [1.54, 1.807) is 0 Å². The number of carbonyl (C=O) groups excluding carboxylic acids is 2. The van der Waals surface area contributed by atoms with Crippen molar-refractivity contribution < 1.29 is 9.59 Å². The van der Waals surface area contributed by atoms with Gasteiger partial charge in [-0.3, -0.25) is 10.1 Å². The Morgan fingerprint density at radius 3 is 2.47 bits per heavy atom. The van der Waals surface area contributed by atoms with Crippen LogP contribution in [0.25, 0.3) is 0 Å². The maximum Gasteiger partial charge on any atom is 0.318 e. The van der Waals surface area contributed by atoms with Gasteiger partial charge in [-0.15, -0.1) is 0 Å². The van der Waals surface area contributed by atoms with Crippen LogP contribution in [0.3, 0.4) is 0 Å². The van der Waals surface area contributed by atoms with Crippen LogP contribution in [-0.2, 0) is 11.2 Å². The van der Waals surface area contributed by atoms with Crippen LogP contribution in [0.15, 0.2) is 24.3 Å². The maximum absolute atomic E-state index is 11.0. The number of hydrogen-bond donors (Lipinski definition) is 3. The van der Waals surface area contributed by atoms with Gasteiger partial charge in [0.05, 0.1) is 6.54 Å². The van der Waals surface area contributed by atoms with E-state index in [2.05, 4.69) is 5.32 Å². The van der Waals surface area contributed by atoms with Gasteiger partial charge in [0.1, 0.15) is 0 Å². The summed E-state index contributed by atoms with van der Waals surface area (Å²) in [6.07, 6.45) is 0.779. The van der Waals surface area contributed by atoms with E-state index in [1.165, 1.54) is 0 Å². The number of nitrogens with two attached hydrogens (primary N) is 1. The first-order valence-electron chi connectivity index (χ1n) is 5.12. The average Bonchev–Trinajstić information content (AvgIpc) is 2.26. The summed E-state index contributed by atoms with van der Waals surface area (Å²) in [6.45, 7) is 0.699. The molecule has 92 valence electrons. The summed E-state index contributed by atoms with van der Waals surface area (Å²) < 4.78 is 0. The lowest BCUT2D eigenvalue weighted by atomic mass is 10.1. The fraction of sp³-hybridized carbons (Fsp3) is 0.273. The Labute approximate surface area is 104 Å². The second-order valence-electron chi connectivity index (χ2n) is 3.47. The lowest BCUT2D eigenvalue weighted by Gasteiger charge is -2.04. The third-order valence-electron chi connectivity index (χ3n) is 2.05. The van der Waals surface area contributed by atoms with Crippen molar-refractivity contribution in [3.05, 3.63) is 34.9 Å². The fourth-order valence-corrected chi connectivity index (χ4v) is 1.39. The van der Waals surface area contributed by atoms with E-state index in [1.807, 2.05) is 29.6 Å². The number of halogens is 1. The first-order chi connectivity index (χ1) is 8.08. The highest BCUT2D eigenvalue weighted by atomic mass is 35.5. The molecule has 0 radical (unpaired) electrons. The van der Waals surface area contributed by atoms with Crippen LogP contribution >= 0.6 is 11.6 Å². The van der Waals surface area contributed by atoms with Gasteiger partial charge in [0, 0.05) is 5.02 Å². The van der Waals surface area contributed by atoms with Crippen molar-refractivity contribution >= 4 is 23.5 Å². The van der Waals surface area contributed by atoms with Crippen molar-refractivity contribution in [2.75, 3.05) is 13.1 Å². The van der Waals surface area contributed by atoms with Gasteiger partial charge in [-0.05, 0) is 30.7 Å². The highest BCUT2D eigenvalue weighted by Gasteiger charge is 2.02. The highest BCUT2D eigenvalue weighted by Crippen LogP contribution is 2.09. The van der Waals surface area contributed by atoms with Crippen LogP contribution in [0.5, 0.6) is 0 Å². The Balaban J connectivity index is 2.18. The zero-order valence-electron chi connectivity index (χ0n) is 9.20. The molecular weight excluding hydrogens is 242 g/mol. The minimum atomic E-state index is -0.838. The van der Waals surface area contributed by atoms with Crippen LogP contribution < -0.4 is 16.4 Å². The van der Waals surface area contributed by atoms with Crippen molar-refractivity contribution in [1.82, 2.24) is 10.6 Å². The Hall–Kier alpha value is -1.59. The molecule has 0 fully saturated rings. The van der Waals surface area contributed by atoms with Gasteiger partial charge >= 0.3 is 6.03 Å². The van der Waals surface area contributed by atoms with Gasteiger partial charge in [0.25, 0.3) is 0 Å². The molecule has 0 spiro atoms. The molecule has 0 unspecified atom stereocenters. The number of carbonyl (C=O) groups is 2. The average molecular weight is 256 g/mol. The molecule has 0 heterocycles. The second-order valence-corrected chi connectivity index (χ2v) is 3.90. The molecule has 5 nitrogen and oxygen atoms in total. The Bertz CT molecular complexity index is 392. The van der Waals surface area contributed by atoms with Gasteiger partial charge in [0.15, 0.2) is 0 Å². The Morgan fingerprint density at radius 1 is 1.24 bits per heavy atom. The normalized spacial score (nSPS) is 9.94. The zero-order valence-corrected chi connectivity index (χ0v) is 9.96. The summed E-state index contributed by atoms with van der Waals surface area (Å²) in [4.78, 5) is 21.4. The number of hydrogen-bond acceptors (Lipinski definition) is 3. The molecule has 1 rings (SSSR count). The summed E-state index contributed by atoms with van der Waals surface area (Å²) in [5.74, 6) is -0.436. The summed E-state index contributed by atoms with van der Waals surface area (Å²) in [7, 11) is 0. The number of primary amides is 1. The number of urea groups is 1. The summed E-state index contributed by atoms with van der Waals surface area (Å²) >= 11 is 5.75. The van der Waals surface area contributed by atoms with Crippen LogP contribution in [0.1, 0.15) is 5.56 Å². The van der Waals surface area contributed by atoms with Gasteiger partial charge in [-0.25, -0.2) is 4.79 Å². The quantitative estimate of drug-likeness (QED) is 0.676. The van der Waals surface area contributed by atoms with Crippen LogP contribution in [-0.4, -0.2) is 25.0 Å². The SMILES string of the molecule is NC(=O)NC(=O)CNCCc1ccc(Cl)cc1. The molecule has 0 aliphatic carbocycles. The molecule has 0 atom stereocenters. The molecule has 4 N–H and O–H groups in total. The predicted molar refractivity (Wildman–Crippen MR) is 65.8 cm³/mol. The molecule has 0 aromatic heterocycles. The molecule has 0 saturated heterocycles. The van der Waals surface area contributed by atoms with Crippen molar-refractivity contribution in [3.63, 3.8) is 0 Å². The van der Waals surface area contributed by atoms with E-state index in [-0.39, 0.29) is 6.54 Å². The van der Waals surface area contributed by atoms with Gasteiger partial charge in [-0.2, -0.15) is 0 Å². The first-order valence-corrected chi connectivity index (χ1v) is 5.50. The fourth-order valence-electron chi connectivity index (χ4n) is 1.27. The van der Waals surface area contributed by atoms with Crippen molar-refractivity contribution in [2.24, 2.45) is 5.73 Å². The standard InChI is InChI=1S/C11H14ClN3O2/c12-9-3-1-8(2-4-9)5-6-14-7-10(16)15-11(13)17/h1-4,14H,5-7H2,(H3,13,15,16,17). The van der Waals surface area contributed by atoms with Crippen LogP contribution in [0, 0.1) is 0 Å². The number of imide groups is 1. The minimum Gasteiger partial charge on any atom is -0.351 e. The van der Waals surface area contributed by atoms with Crippen molar-refractivity contribution in [2.45, 2.75) is 6.42 Å². The Kier molecular flexibility index (Phi) is 5.45. The van der Waals surface area contributed by atoms with Gasteiger partial charge < -0.3 is 11.1 Å². The van der Waals surface area contributed by atoms with Gasteiger partial charge in [-0.1, -0.05) is 23.7 Å². The second kappa shape index (κ2) is 6.88. The van der Waals surface area contributed by atoms with Crippen molar-refractivity contribution in [1.29, 1.82) is 0 Å². The molecule has 0 bridgehead atoms. The topological polar surface area (TPSA) is 84.2 Å². The van der Waals surface area contributed by atoms with E-state index in [4.69, 9.17) is 17.3 Å². The molecular formula is C11H14ClN3O2. The largest absolute Gasteiger partial charge is 0.351 e. The zero-order chi connectivity index (χ0) is 12.7. The molecule has 0 aliphatic heterocycles. The smallest absolute Gasteiger partial charge is 0.318 e. The molecule has 17 heavy (non-hydrogen) atoms. The number of rotatable bonds is 5. The summed E-state index contributed by atoms with van der Waals surface area (Å²) in [6, 6.07) is 6.64. The molecule has 3 amide bonds.